The molecule has 1 saturated carbocycles. The van der Waals surface area contributed by atoms with Gasteiger partial charge in [-0.15, -0.1) is 0 Å². The average molecular weight is 308 g/mol. The van der Waals surface area contributed by atoms with Gasteiger partial charge in [0.1, 0.15) is 0 Å². The zero-order valence-corrected chi connectivity index (χ0v) is 15.3. The van der Waals surface area contributed by atoms with E-state index >= 15 is 0 Å². The van der Waals surface area contributed by atoms with Gasteiger partial charge in [-0.3, -0.25) is 9.80 Å². The molecule has 3 aliphatic rings. The zero-order valence-electron chi connectivity index (χ0n) is 15.3. The highest BCUT2D eigenvalue weighted by atomic mass is 15.3. The lowest BCUT2D eigenvalue weighted by Gasteiger charge is -2.49. The highest BCUT2D eigenvalue weighted by Crippen LogP contribution is 2.37. The minimum absolute atomic E-state index is 0.727. The van der Waals surface area contributed by atoms with Crippen LogP contribution in [-0.2, 0) is 0 Å². The summed E-state index contributed by atoms with van der Waals surface area (Å²) in [6.07, 6.45) is 5.70. The molecule has 3 fully saturated rings. The van der Waals surface area contributed by atoms with E-state index < -0.39 is 0 Å². The number of piperidine rings is 1. The third kappa shape index (κ3) is 3.68. The minimum atomic E-state index is 0.727. The highest BCUT2D eigenvalue weighted by Gasteiger charge is 2.37. The number of nitrogens with zero attached hydrogens (tertiary/aromatic N) is 3. The van der Waals surface area contributed by atoms with Gasteiger partial charge in [0.15, 0.2) is 0 Å². The third-order valence-electron chi connectivity index (χ3n) is 6.70. The van der Waals surface area contributed by atoms with Crippen molar-refractivity contribution in [3.63, 3.8) is 0 Å². The maximum atomic E-state index is 2.80. The Hall–Kier alpha value is -0.120. The second-order valence-electron chi connectivity index (χ2n) is 8.56. The van der Waals surface area contributed by atoms with Crippen molar-refractivity contribution in [1.29, 1.82) is 0 Å². The summed E-state index contributed by atoms with van der Waals surface area (Å²) in [5, 5.41) is 0. The number of hydrogen-bond donors (Lipinski definition) is 0. The van der Waals surface area contributed by atoms with Crippen molar-refractivity contribution in [1.82, 2.24) is 14.7 Å². The summed E-state index contributed by atoms with van der Waals surface area (Å²) < 4.78 is 0. The van der Waals surface area contributed by atoms with Crippen molar-refractivity contribution in [2.75, 3.05) is 39.3 Å². The quantitative estimate of drug-likeness (QED) is 0.791. The molecule has 2 aliphatic heterocycles. The molecule has 1 aliphatic carbocycles. The summed E-state index contributed by atoms with van der Waals surface area (Å²) in [7, 11) is 0. The first-order chi connectivity index (χ1) is 10.5. The molecule has 22 heavy (non-hydrogen) atoms. The average Bonchev–Trinajstić information content (AvgIpc) is 2.46. The maximum Gasteiger partial charge on any atom is 0.0121 e. The second kappa shape index (κ2) is 7.19. The van der Waals surface area contributed by atoms with Crippen LogP contribution in [-0.4, -0.2) is 72.1 Å². The molecule has 3 heteroatoms. The van der Waals surface area contributed by atoms with Crippen molar-refractivity contribution in [3.05, 3.63) is 0 Å². The lowest BCUT2D eigenvalue weighted by Crippen LogP contribution is -2.57. The van der Waals surface area contributed by atoms with E-state index in [1.807, 2.05) is 0 Å². The van der Waals surface area contributed by atoms with Crippen LogP contribution < -0.4 is 0 Å². The van der Waals surface area contributed by atoms with Crippen LogP contribution in [0.5, 0.6) is 0 Å². The summed E-state index contributed by atoms with van der Waals surface area (Å²) >= 11 is 0. The minimum Gasteiger partial charge on any atom is -0.301 e. The summed E-state index contributed by atoms with van der Waals surface area (Å²) in [6.45, 7) is 17.3. The summed E-state index contributed by atoms with van der Waals surface area (Å²) in [5.74, 6) is 1.90. The van der Waals surface area contributed by atoms with Crippen molar-refractivity contribution in [2.24, 2.45) is 11.8 Å². The van der Waals surface area contributed by atoms with E-state index in [4.69, 9.17) is 0 Å². The molecule has 0 atom stereocenters. The van der Waals surface area contributed by atoms with E-state index in [1.165, 1.54) is 65.0 Å². The molecule has 0 bridgehead atoms. The molecule has 2 heterocycles. The van der Waals surface area contributed by atoms with E-state index in [9.17, 15) is 0 Å². The third-order valence-corrected chi connectivity index (χ3v) is 6.70. The molecule has 0 unspecified atom stereocenters. The normalized spacial score (nSPS) is 33.5. The van der Waals surface area contributed by atoms with Gasteiger partial charge in [0, 0.05) is 44.3 Å². The van der Waals surface area contributed by atoms with Crippen LogP contribution in [0.1, 0.15) is 53.4 Å². The van der Waals surface area contributed by atoms with Crippen LogP contribution >= 0.6 is 0 Å². The van der Waals surface area contributed by atoms with Crippen LogP contribution in [0.4, 0.5) is 0 Å². The molecular weight excluding hydrogens is 270 g/mol. The van der Waals surface area contributed by atoms with Gasteiger partial charge < -0.3 is 4.90 Å². The van der Waals surface area contributed by atoms with E-state index in [0.29, 0.717) is 0 Å². The van der Waals surface area contributed by atoms with Gasteiger partial charge in [-0.25, -0.2) is 0 Å². The molecule has 0 N–H and O–H groups in total. The van der Waals surface area contributed by atoms with Gasteiger partial charge in [-0.2, -0.15) is 0 Å². The van der Waals surface area contributed by atoms with Gasteiger partial charge in [-0.1, -0.05) is 13.8 Å². The molecule has 0 aromatic heterocycles. The Balaban J connectivity index is 1.38. The standard InChI is InChI=1S/C19H37N3/c1-15(2)17-13-19(14-17)22-11-9-21(10-12-22)18-5-7-20(8-6-18)16(3)4/h15-19H,5-14H2,1-4H3. The topological polar surface area (TPSA) is 9.72 Å². The van der Waals surface area contributed by atoms with Crippen LogP contribution in [0.2, 0.25) is 0 Å². The lowest BCUT2D eigenvalue weighted by atomic mass is 9.73. The SMILES string of the molecule is CC(C)C1CC(N2CCN(C3CCN(C(C)C)CC3)CC2)C1. The fourth-order valence-corrected chi connectivity index (χ4v) is 4.71. The molecular formula is C19H37N3. The maximum absolute atomic E-state index is 2.80. The number of likely N-dealkylation sites (tertiary alicyclic amines) is 1. The summed E-state index contributed by atoms with van der Waals surface area (Å²) in [4.78, 5) is 8.23. The fraction of sp³-hybridized carbons (Fsp3) is 1.00. The van der Waals surface area contributed by atoms with Gasteiger partial charge in [0.2, 0.25) is 0 Å². The van der Waals surface area contributed by atoms with Crippen LogP contribution in [0.3, 0.4) is 0 Å². The first kappa shape index (κ1) is 16.7. The van der Waals surface area contributed by atoms with E-state index in [2.05, 4.69) is 42.4 Å². The molecule has 0 radical (unpaired) electrons. The van der Waals surface area contributed by atoms with E-state index in [0.717, 1.165) is 30.0 Å². The van der Waals surface area contributed by atoms with Crippen molar-refractivity contribution in [3.8, 4) is 0 Å². The Labute approximate surface area is 138 Å². The number of hydrogen-bond acceptors (Lipinski definition) is 3. The van der Waals surface area contributed by atoms with Crippen molar-refractivity contribution < 1.29 is 0 Å². The lowest BCUT2D eigenvalue weighted by molar-refractivity contribution is -0.00264. The van der Waals surface area contributed by atoms with E-state index in [1.54, 1.807) is 0 Å². The molecule has 0 amide bonds. The fourth-order valence-electron chi connectivity index (χ4n) is 4.71. The molecule has 0 aromatic rings. The summed E-state index contributed by atoms with van der Waals surface area (Å²) in [6, 6.07) is 2.50. The first-order valence-corrected chi connectivity index (χ1v) is 9.76. The number of rotatable bonds is 4. The van der Waals surface area contributed by atoms with Gasteiger partial charge >= 0.3 is 0 Å². The molecule has 3 rings (SSSR count). The molecule has 0 aromatic carbocycles. The molecule has 0 spiro atoms. The van der Waals surface area contributed by atoms with Crippen LogP contribution in [0, 0.1) is 11.8 Å². The van der Waals surface area contributed by atoms with Gasteiger partial charge in [0.25, 0.3) is 0 Å². The van der Waals surface area contributed by atoms with Gasteiger partial charge in [0.05, 0.1) is 0 Å². The molecule has 128 valence electrons. The Morgan fingerprint density at radius 2 is 1.18 bits per heavy atom. The molecule has 2 saturated heterocycles. The predicted molar refractivity (Wildman–Crippen MR) is 94.2 cm³/mol. The Bertz CT molecular complexity index is 333. The Morgan fingerprint density at radius 1 is 0.682 bits per heavy atom. The highest BCUT2D eigenvalue weighted by molar-refractivity contribution is 4.92. The monoisotopic (exact) mass is 307 g/mol. The largest absolute Gasteiger partial charge is 0.301 e. The Morgan fingerprint density at radius 3 is 1.64 bits per heavy atom. The zero-order chi connectivity index (χ0) is 15.7. The second-order valence-corrected chi connectivity index (χ2v) is 8.56. The smallest absolute Gasteiger partial charge is 0.0121 e. The molecule has 3 nitrogen and oxygen atoms in total. The summed E-state index contributed by atoms with van der Waals surface area (Å²) in [5.41, 5.74) is 0. The van der Waals surface area contributed by atoms with Crippen LogP contribution in [0.15, 0.2) is 0 Å². The van der Waals surface area contributed by atoms with Crippen molar-refractivity contribution >= 4 is 0 Å². The Kier molecular flexibility index (Phi) is 5.47. The first-order valence-electron chi connectivity index (χ1n) is 9.76. The van der Waals surface area contributed by atoms with Gasteiger partial charge in [-0.05, 0) is 64.5 Å². The van der Waals surface area contributed by atoms with Crippen LogP contribution in [0.25, 0.3) is 0 Å². The number of piperazine rings is 1. The van der Waals surface area contributed by atoms with Crippen molar-refractivity contribution in [2.45, 2.75) is 71.5 Å². The van der Waals surface area contributed by atoms with E-state index in [-0.39, 0.29) is 0 Å². The predicted octanol–water partition coefficient (Wildman–Crippen LogP) is 2.91.